The molecule has 3 aromatic carbocycles. The van der Waals surface area contributed by atoms with Crippen molar-refractivity contribution in [2.75, 3.05) is 5.01 Å². The van der Waals surface area contributed by atoms with E-state index in [-0.39, 0.29) is 0 Å². The Bertz CT molecular complexity index is 1030. The molecule has 3 aromatic rings. The van der Waals surface area contributed by atoms with Crippen molar-refractivity contribution < 1.29 is 19.1 Å². The van der Waals surface area contributed by atoms with Crippen molar-refractivity contribution >= 4 is 23.4 Å². The van der Waals surface area contributed by atoms with Gasteiger partial charge in [0.2, 0.25) is 0 Å². The second kappa shape index (κ2) is 12.0. The summed E-state index contributed by atoms with van der Waals surface area (Å²) in [5.74, 6) is -0.441. The average molecular weight is 476 g/mol. The fourth-order valence-electron chi connectivity index (χ4n) is 3.34. The van der Waals surface area contributed by atoms with Gasteiger partial charge >= 0.3 is 6.09 Å². The van der Waals surface area contributed by atoms with Crippen molar-refractivity contribution in [2.45, 2.75) is 52.0 Å². The Balaban J connectivity index is 1.82. The smallest absolute Gasteiger partial charge is 0.408 e. The molecule has 0 saturated carbocycles. The highest BCUT2D eigenvalue weighted by molar-refractivity contribution is 5.88. The molecule has 0 heterocycles. The molecule has 0 aliphatic rings. The highest BCUT2D eigenvalue weighted by Gasteiger charge is 2.31. The third-order valence-electron chi connectivity index (χ3n) is 5.03. The van der Waals surface area contributed by atoms with Crippen molar-refractivity contribution in [3.05, 3.63) is 96.6 Å². The number of carbonyl (C=O) groups excluding carboxylic acids is 2. The molecule has 0 aliphatic heterocycles. The third-order valence-corrected chi connectivity index (χ3v) is 5.03. The monoisotopic (exact) mass is 475 g/mol. The molecule has 2 amide bonds. The summed E-state index contributed by atoms with van der Waals surface area (Å²) in [7, 11) is 0. The fraction of sp³-hybridized carbons (Fsp3) is 0.286. The Kier molecular flexibility index (Phi) is 8.86. The minimum absolute atomic E-state index is 0.295. The largest absolute Gasteiger partial charge is 0.444 e. The van der Waals surface area contributed by atoms with Crippen molar-refractivity contribution in [1.82, 2.24) is 10.7 Å². The summed E-state index contributed by atoms with van der Waals surface area (Å²) in [6, 6.07) is 27.5. The van der Waals surface area contributed by atoms with Gasteiger partial charge in [-0.2, -0.15) is 0 Å². The van der Waals surface area contributed by atoms with Gasteiger partial charge in [-0.05, 0) is 57.5 Å². The number of hydrogen-bond acceptors (Lipinski definition) is 5. The summed E-state index contributed by atoms with van der Waals surface area (Å²) >= 11 is 0. The minimum atomic E-state index is -1.01. The summed E-state index contributed by atoms with van der Waals surface area (Å²) in [5.41, 5.74) is 4.73. The number of amides is 2. The van der Waals surface area contributed by atoms with Crippen LogP contribution in [0.2, 0.25) is 0 Å². The van der Waals surface area contributed by atoms with Crippen LogP contribution in [0.4, 0.5) is 16.2 Å². The molecule has 3 rings (SSSR count). The Morgan fingerprint density at radius 1 is 0.829 bits per heavy atom. The van der Waals surface area contributed by atoms with E-state index in [0.29, 0.717) is 6.61 Å². The summed E-state index contributed by atoms with van der Waals surface area (Å²) in [5, 5.41) is 4.37. The van der Waals surface area contributed by atoms with Crippen molar-refractivity contribution in [3.8, 4) is 0 Å². The number of ether oxygens (including phenoxy) is 2. The Morgan fingerprint density at radius 2 is 1.31 bits per heavy atom. The van der Waals surface area contributed by atoms with Gasteiger partial charge in [0.05, 0.1) is 24.1 Å². The lowest BCUT2D eigenvalue weighted by Gasteiger charge is -2.31. The fourth-order valence-corrected chi connectivity index (χ4v) is 3.34. The Morgan fingerprint density at radius 3 is 1.80 bits per heavy atom. The van der Waals surface area contributed by atoms with Crippen LogP contribution in [0.1, 0.15) is 33.3 Å². The normalized spacial score (nSPS) is 12.8. The summed E-state index contributed by atoms with van der Waals surface area (Å²) < 4.78 is 11.4. The number of rotatable bonds is 9. The number of hydrogen-bond donors (Lipinski definition) is 2. The number of hydrazine groups is 1. The van der Waals surface area contributed by atoms with E-state index in [0.717, 1.165) is 16.9 Å². The molecule has 0 fully saturated rings. The molecule has 2 atom stereocenters. The van der Waals surface area contributed by atoms with Crippen LogP contribution < -0.4 is 15.8 Å². The maximum atomic E-state index is 13.6. The molecule has 0 bridgehead atoms. The Labute approximate surface area is 207 Å². The molecule has 0 aliphatic carbocycles. The van der Waals surface area contributed by atoms with Gasteiger partial charge < -0.3 is 14.8 Å². The van der Waals surface area contributed by atoms with Gasteiger partial charge in [0, 0.05) is 0 Å². The Hall–Kier alpha value is -3.84. The molecule has 0 aromatic heterocycles. The predicted octanol–water partition coefficient (Wildman–Crippen LogP) is 5.35. The van der Waals surface area contributed by atoms with Crippen LogP contribution in [0.25, 0.3) is 0 Å². The molecule has 2 N–H and O–H groups in total. The number of nitrogens with zero attached hydrogens (tertiary/aromatic N) is 1. The van der Waals surface area contributed by atoms with E-state index in [1.165, 1.54) is 0 Å². The molecule has 184 valence electrons. The number of para-hydroxylation sites is 2. The molecule has 0 saturated heterocycles. The number of nitrogens with one attached hydrogen (secondary N) is 2. The zero-order valence-electron chi connectivity index (χ0n) is 20.6. The van der Waals surface area contributed by atoms with Gasteiger partial charge in [0.25, 0.3) is 5.91 Å². The maximum absolute atomic E-state index is 13.6. The number of carbonyl (C=O) groups is 2. The van der Waals surface area contributed by atoms with E-state index in [4.69, 9.17) is 9.47 Å². The van der Waals surface area contributed by atoms with Crippen LogP contribution in [-0.4, -0.2) is 29.7 Å². The number of alkyl carbamates (subject to hydrolysis) is 1. The van der Waals surface area contributed by atoms with Gasteiger partial charge in [-0.1, -0.05) is 66.7 Å². The first-order valence-electron chi connectivity index (χ1n) is 11.6. The molecule has 0 unspecified atom stereocenters. The lowest BCUT2D eigenvalue weighted by Crippen LogP contribution is -2.56. The molecular weight excluding hydrogens is 442 g/mol. The van der Waals surface area contributed by atoms with E-state index in [9.17, 15) is 9.59 Å². The first-order valence-corrected chi connectivity index (χ1v) is 11.6. The van der Waals surface area contributed by atoms with E-state index < -0.39 is 29.7 Å². The van der Waals surface area contributed by atoms with E-state index in [2.05, 4.69) is 10.7 Å². The van der Waals surface area contributed by atoms with E-state index in [1.807, 2.05) is 91.0 Å². The van der Waals surface area contributed by atoms with Crippen molar-refractivity contribution in [3.63, 3.8) is 0 Å². The van der Waals surface area contributed by atoms with Crippen LogP contribution in [0.5, 0.6) is 0 Å². The second-order valence-corrected chi connectivity index (χ2v) is 9.11. The van der Waals surface area contributed by atoms with Crippen molar-refractivity contribution in [1.29, 1.82) is 0 Å². The third kappa shape index (κ3) is 8.15. The van der Waals surface area contributed by atoms with Crippen LogP contribution in [0, 0.1) is 0 Å². The average Bonchev–Trinajstić information content (AvgIpc) is 2.85. The van der Waals surface area contributed by atoms with E-state index in [1.54, 1.807) is 32.7 Å². The summed E-state index contributed by atoms with van der Waals surface area (Å²) in [4.78, 5) is 26.1. The van der Waals surface area contributed by atoms with Crippen LogP contribution in [0.15, 0.2) is 91.0 Å². The molecule has 35 heavy (non-hydrogen) atoms. The topological polar surface area (TPSA) is 79.9 Å². The number of benzene rings is 3. The van der Waals surface area contributed by atoms with Gasteiger partial charge in [0.15, 0.2) is 0 Å². The van der Waals surface area contributed by atoms with Crippen LogP contribution in [0.3, 0.4) is 0 Å². The highest BCUT2D eigenvalue weighted by atomic mass is 16.6. The second-order valence-electron chi connectivity index (χ2n) is 9.11. The lowest BCUT2D eigenvalue weighted by molar-refractivity contribution is -0.127. The number of anilines is 2. The lowest BCUT2D eigenvalue weighted by atomic mass is 10.1. The zero-order valence-corrected chi connectivity index (χ0v) is 20.6. The van der Waals surface area contributed by atoms with Gasteiger partial charge in [0.1, 0.15) is 11.6 Å². The summed E-state index contributed by atoms with van der Waals surface area (Å²) in [6.45, 7) is 7.35. The standard InChI is InChI=1S/C28H33N3O4/c1-21(34-20-22-14-8-5-9-15-22)25(29-27(33)35-28(2,3)4)26(32)30-31(23-16-10-6-11-17-23)24-18-12-7-13-19-24/h5-19,21,25H,20H2,1-4H3,(H,29,33)(H,30,32)/t21-,25-/m1/s1. The molecule has 0 radical (unpaired) electrons. The van der Waals surface area contributed by atoms with Gasteiger partial charge in [-0.15, -0.1) is 0 Å². The van der Waals surface area contributed by atoms with Crippen molar-refractivity contribution in [2.24, 2.45) is 0 Å². The molecule has 7 heteroatoms. The SMILES string of the molecule is C[C@@H](OCc1ccccc1)[C@@H](NC(=O)OC(C)(C)C)C(=O)NN(c1ccccc1)c1ccccc1. The zero-order chi connectivity index (χ0) is 25.3. The molecule has 7 nitrogen and oxygen atoms in total. The minimum Gasteiger partial charge on any atom is -0.444 e. The molecular formula is C28H33N3O4. The quantitative estimate of drug-likeness (QED) is 0.408. The highest BCUT2D eigenvalue weighted by Crippen LogP contribution is 2.23. The molecule has 0 spiro atoms. The maximum Gasteiger partial charge on any atom is 0.408 e. The van der Waals surface area contributed by atoms with Crippen LogP contribution in [-0.2, 0) is 20.9 Å². The first kappa shape index (κ1) is 25.8. The summed E-state index contributed by atoms with van der Waals surface area (Å²) in [6.07, 6.45) is -1.34. The van der Waals surface area contributed by atoms with E-state index >= 15 is 0 Å². The first-order chi connectivity index (χ1) is 16.7. The van der Waals surface area contributed by atoms with Gasteiger partial charge in [-0.3, -0.25) is 15.2 Å². The predicted molar refractivity (Wildman–Crippen MR) is 137 cm³/mol. The van der Waals surface area contributed by atoms with Crippen LogP contribution >= 0.6 is 0 Å². The van der Waals surface area contributed by atoms with Gasteiger partial charge in [-0.25, -0.2) is 4.79 Å².